The van der Waals surface area contributed by atoms with Crippen LogP contribution in [0.3, 0.4) is 0 Å². The van der Waals surface area contributed by atoms with Crippen LogP contribution >= 0.6 is 11.6 Å². The number of hydrogen-bond donors (Lipinski definition) is 1. The number of amides is 1. The number of benzene rings is 3. The number of halogens is 1. The van der Waals surface area contributed by atoms with E-state index in [1.54, 1.807) is 19.5 Å². The van der Waals surface area contributed by atoms with Crippen LogP contribution in [0.2, 0.25) is 5.02 Å². The fourth-order valence-electron chi connectivity index (χ4n) is 5.35. The van der Waals surface area contributed by atoms with Crippen molar-refractivity contribution in [3.63, 3.8) is 0 Å². The Hall–Kier alpha value is -4.66. The number of rotatable bonds is 9. The number of hydrogen-bond acceptors (Lipinski definition) is 6. The summed E-state index contributed by atoms with van der Waals surface area (Å²) in [4.78, 5) is 21.8. The quantitative estimate of drug-likeness (QED) is 0.213. The van der Waals surface area contributed by atoms with Crippen molar-refractivity contribution in [3.8, 4) is 33.8 Å². The molecule has 1 fully saturated rings. The predicted octanol–water partition coefficient (Wildman–Crippen LogP) is 6.41. The van der Waals surface area contributed by atoms with Gasteiger partial charge in [0, 0.05) is 80.2 Å². The summed E-state index contributed by atoms with van der Waals surface area (Å²) in [6, 6.07) is 27.8. The second kappa shape index (κ2) is 13.1. The normalized spacial score (nSPS) is 13.6. The summed E-state index contributed by atoms with van der Waals surface area (Å²) in [7, 11) is 1.60. The minimum absolute atomic E-state index is 0.00507. The molecule has 0 radical (unpaired) electrons. The Morgan fingerprint density at radius 3 is 2.42 bits per heavy atom. The molecular formula is C34H33ClN6O2. The Bertz CT molecular complexity index is 1680. The van der Waals surface area contributed by atoms with Gasteiger partial charge in [0.15, 0.2) is 0 Å². The first-order valence-electron chi connectivity index (χ1n) is 14.3. The number of nitrogens with zero attached hydrogens (tertiary/aromatic N) is 5. The molecule has 1 aliphatic heterocycles. The van der Waals surface area contributed by atoms with Gasteiger partial charge in [-0.15, -0.1) is 0 Å². The summed E-state index contributed by atoms with van der Waals surface area (Å²) < 4.78 is 7.28. The number of methoxy groups -OCH3 is 1. The molecule has 0 saturated carbocycles. The van der Waals surface area contributed by atoms with E-state index in [0.717, 1.165) is 66.5 Å². The topological polar surface area (TPSA) is 75.5 Å². The van der Waals surface area contributed by atoms with E-state index in [1.807, 2.05) is 71.5 Å². The van der Waals surface area contributed by atoms with E-state index in [4.69, 9.17) is 21.4 Å². The van der Waals surface area contributed by atoms with Crippen molar-refractivity contribution in [2.45, 2.75) is 6.42 Å². The van der Waals surface area contributed by atoms with Gasteiger partial charge < -0.3 is 15.0 Å². The van der Waals surface area contributed by atoms with E-state index >= 15 is 0 Å². The van der Waals surface area contributed by atoms with Gasteiger partial charge in [-0.1, -0.05) is 41.9 Å². The molecule has 2 aromatic heterocycles. The Morgan fingerprint density at radius 2 is 1.65 bits per heavy atom. The van der Waals surface area contributed by atoms with Crippen LogP contribution in [0.5, 0.6) is 5.75 Å². The molecule has 6 rings (SSSR count). The molecule has 1 saturated heterocycles. The Morgan fingerprint density at radius 1 is 0.884 bits per heavy atom. The summed E-state index contributed by atoms with van der Waals surface area (Å²) >= 11 is 6.30. The highest BCUT2D eigenvalue weighted by molar-refractivity contribution is 6.32. The minimum Gasteiger partial charge on any atom is -0.495 e. The number of nitrogens with one attached hydrogen (secondary N) is 1. The van der Waals surface area contributed by atoms with Crippen molar-refractivity contribution in [2.24, 2.45) is 0 Å². The van der Waals surface area contributed by atoms with Crippen molar-refractivity contribution in [3.05, 3.63) is 109 Å². The van der Waals surface area contributed by atoms with Gasteiger partial charge in [-0.25, -0.2) is 4.68 Å². The SMILES string of the molecule is COc1cc(-c2nn(-c3cccc(NC(=O)CCN4CCN(c5ccccc5)CC4)c3)cc2-c2ccncc2)ccc1Cl. The minimum atomic E-state index is -0.00507. The van der Waals surface area contributed by atoms with E-state index in [-0.39, 0.29) is 5.91 Å². The first kappa shape index (κ1) is 28.5. The van der Waals surface area contributed by atoms with E-state index in [2.05, 4.69) is 44.4 Å². The van der Waals surface area contributed by atoms with E-state index < -0.39 is 0 Å². The number of pyridine rings is 1. The zero-order valence-electron chi connectivity index (χ0n) is 24.0. The van der Waals surface area contributed by atoms with Crippen LogP contribution in [0, 0.1) is 0 Å². The van der Waals surface area contributed by atoms with Gasteiger partial charge in [-0.05, 0) is 60.2 Å². The predicted molar refractivity (Wildman–Crippen MR) is 172 cm³/mol. The summed E-state index contributed by atoms with van der Waals surface area (Å²) in [6.07, 6.45) is 5.95. The second-order valence-electron chi connectivity index (χ2n) is 10.4. The standard InChI is InChI=1S/C34H33ClN6O2/c1-43-32-22-26(10-11-31(32)35)34-30(25-12-15-36-16-13-25)24-41(38-34)29-9-5-6-27(23-29)37-33(42)14-17-39-18-20-40(21-19-39)28-7-3-2-4-8-28/h2-13,15-16,22-24H,14,17-21H2,1H3,(H,37,42). The molecule has 0 aliphatic carbocycles. The lowest BCUT2D eigenvalue weighted by atomic mass is 10.0. The van der Waals surface area contributed by atoms with Crippen LogP contribution in [-0.2, 0) is 4.79 Å². The molecule has 1 aliphatic rings. The first-order valence-corrected chi connectivity index (χ1v) is 14.7. The zero-order valence-corrected chi connectivity index (χ0v) is 24.7. The lowest BCUT2D eigenvalue weighted by molar-refractivity contribution is -0.116. The van der Waals surface area contributed by atoms with Crippen molar-refractivity contribution in [2.75, 3.05) is 50.1 Å². The smallest absolute Gasteiger partial charge is 0.225 e. The lowest BCUT2D eigenvalue weighted by Crippen LogP contribution is -2.47. The molecular weight excluding hydrogens is 560 g/mol. The Labute approximate surface area is 256 Å². The van der Waals surface area contributed by atoms with Gasteiger partial charge in [0.2, 0.25) is 5.91 Å². The average molecular weight is 593 g/mol. The fraction of sp³-hybridized carbons (Fsp3) is 0.206. The van der Waals surface area contributed by atoms with Crippen molar-refractivity contribution < 1.29 is 9.53 Å². The highest BCUT2D eigenvalue weighted by Crippen LogP contribution is 2.36. The molecule has 43 heavy (non-hydrogen) atoms. The van der Waals surface area contributed by atoms with Crippen LogP contribution in [0.25, 0.3) is 28.1 Å². The molecule has 9 heteroatoms. The molecule has 0 bridgehead atoms. The van der Waals surface area contributed by atoms with Gasteiger partial charge in [-0.2, -0.15) is 5.10 Å². The van der Waals surface area contributed by atoms with Crippen molar-refractivity contribution in [1.29, 1.82) is 0 Å². The summed E-state index contributed by atoms with van der Waals surface area (Å²) in [5, 5.41) is 8.56. The third-order valence-electron chi connectivity index (χ3n) is 7.67. The lowest BCUT2D eigenvalue weighted by Gasteiger charge is -2.36. The monoisotopic (exact) mass is 592 g/mol. The number of piperazine rings is 1. The van der Waals surface area contributed by atoms with E-state index in [9.17, 15) is 4.79 Å². The largest absolute Gasteiger partial charge is 0.495 e. The van der Waals surface area contributed by atoms with E-state index in [1.165, 1.54) is 5.69 Å². The first-order chi connectivity index (χ1) is 21.1. The molecule has 0 spiro atoms. The average Bonchev–Trinajstić information content (AvgIpc) is 3.51. The van der Waals surface area contributed by atoms with Crippen LogP contribution in [0.15, 0.2) is 104 Å². The highest BCUT2D eigenvalue weighted by atomic mass is 35.5. The maximum atomic E-state index is 12.9. The molecule has 1 amide bonds. The molecule has 0 unspecified atom stereocenters. The van der Waals surface area contributed by atoms with Crippen LogP contribution in [-0.4, -0.2) is 65.4 Å². The number of aromatic nitrogens is 3. The van der Waals surface area contributed by atoms with Gasteiger partial charge >= 0.3 is 0 Å². The molecule has 218 valence electrons. The summed E-state index contributed by atoms with van der Waals surface area (Å²) in [5.74, 6) is 0.576. The fourth-order valence-corrected chi connectivity index (χ4v) is 5.54. The van der Waals surface area contributed by atoms with Gasteiger partial charge in [0.25, 0.3) is 0 Å². The third kappa shape index (κ3) is 6.71. The van der Waals surface area contributed by atoms with E-state index in [0.29, 0.717) is 17.2 Å². The van der Waals surface area contributed by atoms with Gasteiger partial charge in [0.1, 0.15) is 11.4 Å². The number of ether oxygens (including phenoxy) is 1. The molecule has 3 heterocycles. The van der Waals surface area contributed by atoms with Crippen LogP contribution in [0.1, 0.15) is 6.42 Å². The van der Waals surface area contributed by atoms with Crippen molar-refractivity contribution >= 4 is 28.9 Å². The second-order valence-corrected chi connectivity index (χ2v) is 10.8. The van der Waals surface area contributed by atoms with Gasteiger partial charge in [0.05, 0.1) is 17.8 Å². The molecule has 0 atom stereocenters. The molecule has 5 aromatic rings. The number of para-hydroxylation sites is 1. The molecule has 1 N–H and O–H groups in total. The maximum absolute atomic E-state index is 12.9. The van der Waals surface area contributed by atoms with Crippen LogP contribution < -0.4 is 15.0 Å². The Kier molecular flexibility index (Phi) is 8.67. The van der Waals surface area contributed by atoms with Gasteiger partial charge in [-0.3, -0.25) is 14.7 Å². The Balaban J connectivity index is 1.14. The molecule has 8 nitrogen and oxygen atoms in total. The van der Waals surface area contributed by atoms with Crippen LogP contribution in [0.4, 0.5) is 11.4 Å². The van der Waals surface area contributed by atoms with Crippen molar-refractivity contribution in [1.82, 2.24) is 19.7 Å². The highest BCUT2D eigenvalue weighted by Gasteiger charge is 2.19. The number of anilines is 2. The number of carbonyl (C=O) groups excluding carboxylic acids is 1. The third-order valence-corrected chi connectivity index (χ3v) is 7.99. The number of carbonyl (C=O) groups is 1. The zero-order chi connectivity index (χ0) is 29.6. The molecule has 3 aromatic carbocycles. The summed E-state index contributed by atoms with van der Waals surface area (Å²) in [5.41, 5.74) is 6.39. The summed E-state index contributed by atoms with van der Waals surface area (Å²) in [6.45, 7) is 4.54. The maximum Gasteiger partial charge on any atom is 0.225 e.